The van der Waals surface area contributed by atoms with Crippen LogP contribution in [-0.2, 0) is 10.2 Å². The number of hydrogen-bond donors (Lipinski definition) is 1. The molecule has 0 saturated carbocycles. The van der Waals surface area contributed by atoms with Crippen LogP contribution in [-0.4, -0.2) is 17.5 Å². The van der Waals surface area contributed by atoms with Crippen LogP contribution in [0.3, 0.4) is 0 Å². The van der Waals surface area contributed by atoms with E-state index in [4.69, 9.17) is 22.1 Å². The zero-order chi connectivity index (χ0) is 14.6. The fourth-order valence-electron chi connectivity index (χ4n) is 1.80. The van der Waals surface area contributed by atoms with Crippen LogP contribution in [0.5, 0.6) is 0 Å². The van der Waals surface area contributed by atoms with E-state index in [9.17, 15) is 4.79 Å². The van der Waals surface area contributed by atoms with Crippen molar-refractivity contribution in [1.82, 2.24) is 4.98 Å². The Morgan fingerprint density at radius 3 is 2.63 bits per heavy atom. The molecule has 19 heavy (non-hydrogen) atoms. The van der Waals surface area contributed by atoms with E-state index in [1.165, 1.54) is 12.5 Å². The first-order valence-corrected chi connectivity index (χ1v) is 6.43. The van der Waals surface area contributed by atoms with Gasteiger partial charge in [0, 0.05) is 17.3 Å². The number of pyridine rings is 1. The molecule has 1 heterocycles. The summed E-state index contributed by atoms with van der Waals surface area (Å²) in [5, 5.41) is 0.301. The lowest BCUT2D eigenvalue weighted by Gasteiger charge is -2.23. The van der Waals surface area contributed by atoms with Gasteiger partial charge in [-0.05, 0) is 18.4 Å². The maximum Gasteiger partial charge on any atom is 0.249 e. The molecule has 1 aromatic heterocycles. The molecule has 0 aliphatic rings. The number of carbonyl (C=O) groups is 1. The van der Waals surface area contributed by atoms with Crippen LogP contribution in [0.2, 0.25) is 5.15 Å². The molecule has 0 atom stereocenters. The zero-order valence-electron chi connectivity index (χ0n) is 11.7. The van der Waals surface area contributed by atoms with Gasteiger partial charge in [-0.15, -0.1) is 0 Å². The summed E-state index contributed by atoms with van der Waals surface area (Å²) < 4.78 is 5.13. The first-order chi connectivity index (χ1) is 8.79. The van der Waals surface area contributed by atoms with Crippen molar-refractivity contribution >= 4 is 23.6 Å². The summed E-state index contributed by atoms with van der Waals surface area (Å²) >= 11 is 6.12. The molecule has 0 radical (unpaired) electrons. The molecule has 0 fully saturated rings. The number of amides is 1. The van der Waals surface area contributed by atoms with Crippen LogP contribution in [0.4, 0.5) is 0 Å². The Hall–Kier alpha value is -1.55. The molecule has 2 N–H and O–H groups in total. The standard InChI is InChI=1S/C14H19ClN2O2/c1-5-19-7-6-9-8-17-12(15)11(14(2,3)4)10(9)13(16)18/h6-8H,5H2,1-4H3,(H2,16,18)/b7-6+. The monoisotopic (exact) mass is 282 g/mol. The Morgan fingerprint density at radius 2 is 2.16 bits per heavy atom. The van der Waals surface area contributed by atoms with Gasteiger partial charge in [0.15, 0.2) is 0 Å². The van der Waals surface area contributed by atoms with Crippen LogP contribution in [0.25, 0.3) is 6.08 Å². The number of ether oxygens (including phenoxy) is 1. The van der Waals surface area contributed by atoms with E-state index < -0.39 is 5.91 Å². The lowest BCUT2D eigenvalue weighted by molar-refractivity contribution is 0.0998. The van der Waals surface area contributed by atoms with E-state index in [0.717, 1.165) is 0 Å². The van der Waals surface area contributed by atoms with Crippen molar-refractivity contribution in [3.05, 3.63) is 34.3 Å². The first-order valence-electron chi connectivity index (χ1n) is 6.06. The van der Waals surface area contributed by atoms with Crippen molar-refractivity contribution in [2.75, 3.05) is 6.61 Å². The average Bonchev–Trinajstić information content (AvgIpc) is 2.28. The second-order valence-corrected chi connectivity index (χ2v) is 5.48. The van der Waals surface area contributed by atoms with Gasteiger partial charge in [-0.3, -0.25) is 4.79 Å². The highest BCUT2D eigenvalue weighted by atomic mass is 35.5. The number of halogens is 1. The molecule has 0 unspecified atom stereocenters. The highest BCUT2D eigenvalue weighted by Crippen LogP contribution is 2.33. The van der Waals surface area contributed by atoms with Crippen molar-refractivity contribution in [2.45, 2.75) is 33.1 Å². The second kappa shape index (κ2) is 6.06. The van der Waals surface area contributed by atoms with Gasteiger partial charge < -0.3 is 10.5 Å². The molecule has 1 rings (SSSR count). The van der Waals surface area contributed by atoms with Crippen LogP contribution >= 0.6 is 11.6 Å². The third-order valence-electron chi connectivity index (χ3n) is 2.57. The van der Waals surface area contributed by atoms with Crippen LogP contribution in [0.1, 0.15) is 49.2 Å². The number of nitrogens with zero attached hydrogens (tertiary/aromatic N) is 1. The third kappa shape index (κ3) is 3.70. The highest BCUT2D eigenvalue weighted by molar-refractivity contribution is 6.31. The predicted octanol–water partition coefficient (Wildman–Crippen LogP) is 3.14. The highest BCUT2D eigenvalue weighted by Gasteiger charge is 2.26. The Labute approximate surface area is 118 Å². The number of carbonyl (C=O) groups excluding carboxylic acids is 1. The fraction of sp³-hybridized carbons (Fsp3) is 0.429. The Bertz CT molecular complexity index is 505. The van der Waals surface area contributed by atoms with Crippen molar-refractivity contribution < 1.29 is 9.53 Å². The maximum absolute atomic E-state index is 11.7. The first kappa shape index (κ1) is 15.5. The molecule has 1 amide bonds. The summed E-state index contributed by atoms with van der Waals surface area (Å²) in [4.78, 5) is 15.9. The van der Waals surface area contributed by atoms with E-state index in [0.29, 0.717) is 28.5 Å². The molecule has 0 spiro atoms. The summed E-state index contributed by atoms with van der Waals surface area (Å²) in [5.41, 5.74) is 6.81. The molecule has 1 aromatic rings. The minimum absolute atomic E-state index is 0.301. The van der Waals surface area contributed by atoms with Gasteiger partial charge in [0.25, 0.3) is 0 Å². The third-order valence-corrected chi connectivity index (χ3v) is 2.86. The van der Waals surface area contributed by atoms with E-state index >= 15 is 0 Å². The number of rotatable bonds is 4. The molecule has 0 aliphatic heterocycles. The van der Waals surface area contributed by atoms with Crippen molar-refractivity contribution in [3.63, 3.8) is 0 Å². The van der Waals surface area contributed by atoms with E-state index in [1.807, 2.05) is 27.7 Å². The van der Waals surface area contributed by atoms with E-state index in [2.05, 4.69) is 4.98 Å². The molecule has 5 heteroatoms. The molecule has 104 valence electrons. The lowest BCUT2D eigenvalue weighted by Crippen LogP contribution is -2.23. The largest absolute Gasteiger partial charge is 0.501 e. The quantitative estimate of drug-likeness (QED) is 0.681. The van der Waals surface area contributed by atoms with Crippen LogP contribution in [0.15, 0.2) is 12.5 Å². The lowest BCUT2D eigenvalue weighted by atomic mass is 9.83. The van der Waals surface area contributed by atoms with Crippen LogP contribution in [0, 0.1) is 0 Å². The maximum atomic E-state index is 11.7. The average molecular weight is 283 g/mol. The van der Waals surface area contributed by atoms with Crippen LogP contribution < -0.4 is 5.73 Å². The SMILES string of the molecule is CCO/C=C/c1cnc(Cl)c(C(C)(C)C)c1C(N)=O. The summed E-state index contributed by atoms with van der Waals surface area (Å²) in [6.07, 6.45) is 4.71. The van der Waals surface area contributed by atoms with Gasteiger partial charge in [0.2, 0.25) is 5.91 Å². The van der Waals surface area contributed by atoms with Crippen molar-refractivity contribution in [3.8, 4) is 0 Å². The van der Waals surface area contributed by atoms with Gasteiger partial charge in [-0.25, -0.2) is 4.98 Å². The summed E-state index contributed by atoms with van der Waals surface area (Å²) in [5.74, 6) is -0.523. The normalized spacial score (nSPS) is 11.8. The zero-order valence-corrected chi connectivity index (χ0v) is 12.4. The predicted molar refractivity (Wildman–Crippen MR) is 77.1 cm³/mol. The molecular formula is C14H19ClN2O2. The Balaban J connectivity index is 3.46. The second-order valence-electron chi connectivity index (χ2n) is 5.13. The van der Waals surface area contributed by atoms with Gasteiger partial charge in [0.05, 0.1) is 18.4 Å². The number of hydrogen-bond acceptors (Lipinski definition) is 3. The van der Waals surface area contributed by atoms with Crippen molar-refractivity contribution in [2.24, 2.45) is 5.73 Å². The molecule has 0 saturated heterocycles. The summed E-state index contributed by atoms with van der Waals surface area (Å²) in [6.45, 7) is 8.30. The summed E-state index contributed by atoms with van der Waals surface area (Å²) in [7, 11) is 0. The minimum Gasteiger partial charge on any atom is -0.501 e. The smallest absolute Gasteiger partial charge is 0.249 e. The van der Waals surface area contributed by atoms with E-state index in [1.54, 1.807) is 6.08 Å². The van der Waals surface area contributed by atoms with Crippen molar-refractivity contribution in [1.29, 1.82) is 0 Å². The topological polar surface area (TPSA) is 65.2 Å². The van der Waals surface area contributed by atoms with Gasteiger partial charge in [0.1, 0.15) is 5.15 Å². The number of primary amides is 1. The summed E-state index contributed by atoms with van der Waals surface area (Å²) in [6, 6.07) is 0. The molecule has 0 aromatic carbocycles. The number of nitrogens with two attached hydrogens (primary N) is 1. The Morgan fingerprint density at radius 1 is 1.53 bits per heavy atom. The molecule has 0 bridgehead atoms. The van der Waals surface area contributed by atoms with Gasteiger partial charge in [-0.2, -0.15) is 0 Å². The molecule has 4 nitrogen and oxygen atoms in total. The minimum atomic E-state index is -0.523. The molecule has 0 aliphatic carbocycles. The Kier molecular flexibility index (Phi) is 4.95. The van der Waals surface area contributed by atoms with Gasteiger partial charge >= 0.3 is 0 Å². The fourth-order valence-corrected chi connectivity index (χ4v) is 2.22. The van der Waals surface area contributed by atoms with Gasteiger partial charge in [-0.1, -0.05) is 32.4 Å². The molecular weight excluding hydrogens is 264 g/mol. The number of aromatic nitrogens is 1. The van der Waals surface area contributed by atoms with E-state index in [-0.39, 0.29) is 5.41 Å².